The number of hydrogen-bond donors (Lipinski definition) is 1. The highest BCUT2D eigenvalue weighted by Gasteiger charge is 2.34. The van der Waals surface area contributed by atoms with Crippen molar-refractivity contribution in [3.63, 3.8) is 0 Å². The molecule has 0 aromatic heterocycles. The van der Waals surface area contributed by atoms with Crippen LogP contribution in [0.4, 0.5) is 0 Å². The van der Waals surface area contributed by atoms with Gasteiger partial charge in [-0.2, -0.15) is 0 Å². The van der Waals surface area contributed by atoms with E-state index in [1.165, 1.54) is 0 Å². The van der Waals surface area contributed by atoms with Crippen molar-refractivity contribution in [2.75, 3.05) is 0 Å². The Kier molecular flexibility index (Phi) is 9.85. The number of aliphatic hydroxyl groups is 1. The fraction of sp³-hybridized carbons (Fsp3) is 0.480. The van der Waals surface area contributed by atoms with Gasteiger partial charge in [-0.05, 0) is 61.0 Å². The number of Topliss-reactive ketones (excluding diaryl/α,β-unsaturated/α-hetero) is 1. The molecular formula is C25H34O6. The monoisotopic (exact) mass is 430 g/mol. The normalized spacial score (nSPS) is 20.3. The summed E-state index contributed by atoms with van der Waals surface area (Å²) < 4.78 is 11.0. The largest absolute Gasteiger partial charge is 0.454 e. The van der Waals surface area contributed by atoms with Crippen LogP contribution in [0.25, 0.3) is 0 Å². The molecule has 6 heteroatoms. The lowest BCUT2D eigenvalue weighted by Gasteiger charge is -2.27. The number of aliphatic hydroxyl groups excluding tert-OH is 1. The topological polar surface area (TPSA) is 89.9 Å². The summed E-state index contributed by atoms with van der Waals surface area (Å²) in [6, 6.07) is 0. The molecule has 0 aromatic carbocycles. The summed E-state index contributed by atoms with van der Waals surface area (Å²) in [4.78, 5) is 37.8. The molecule has 0 saturated carbocycles. The maximum atomic E-state index is 13.2. The van der Waals surface area contributed by atoms with Crippen molar-refractivity contribution in [3.05, 3.63) is 57.4 Å². The Morgan fingerprint density at radius 2 is 1.61 bits per heavy atom. The predicted molar refractivity (Wildman–Crippen MR) is 120 cm³/mol. The van der Waals surface area contributed by atoms with E-state index in [9.17, 15) is 19.5 Å². The molecule has 1 aliphatic rings. The van der Waals surface area contributed by atoms with Gasteiger partial charge in [-0.1, -0.05) is 23.8 Å². The van der Waals surface area contributed by atoms with Gasteiger partial charge >= 0.3 is 11.9 Å². The number of carbonyl (C=O) groups is 3. The highest BCUT2D eigenvalue weighted by atomic mass is 16.5. The molecule has 0 radical (unpaired) electrons. The minimum atomic E-state index is -0.978. The van der Waals surface area contributed by atoms with Crippen molar-refractivity contribution in [1.29, 1.82) is 0 Å². The Balaban J connectivity index is 3.41. The zero-order valence-corrected chi connectivity index (χ0v) is 19.8. The molecule has 0 fully saturated rings. The molecule has 0 aromatic rings. The van der Waals surface area contributed by atoms with Crippen molar-refractivity contribution < 1.29 is 29.0 Å². The van der Waals surface area contributed by atoms with Crippen LogP contribution in [0.3, 0.4) is 0 Å². The molecule has 1 aliphatic carbocycles. The third-order valence-corrected chi connectivity index (χ3v) is 5.39. The molecule has 1 N–H and O–H groups in total. The first-order valence-electron chi connectivity index (χ1n) is 10.4. The summed E-state index contributed by atoms with van der Waals surface area (Å²) in [5.41, 5.74) is 2.99. The number of rotatable bonds is 7. The lowest BCUT2D eigenvalue weighted by molar-refractivity contribution is -0.142. The van der Waals surface area contributed by atoms with Gasteiger partial charge in [0, 0.05) is 35.1 Å². The molecule has 6 nitrogen and oxygen atoms in total. The van der Waals surface area contributed by atoms with Gasteiger partial charge in [-0.3, -0.25) is 4.79 Å². The molecule has 0 saturated heterocycles. The van der Waals surface area contributed by atoms with Crippen LogP contribution < -0.4 is 0 Å². The van der Waals surface area contributed by atoms with Crippen LogP contribution in [-0.4, -0.2) is 35.0 Å². The Hall–Kier alpha value is -2.73. The molecule has 0 bridgehead atoms. The number of ketones is 1. The first kappa shape index (κ1) is 26.3. The van der Waals surface area contributed by atoms with Gasteiger partial charge in [0.05, 0.1) is 6.10 Å². The highest BCUT2D eigenvalue weighted by Crippen LogP contribution is 2.32. The quantitative estimate of drug-likeness (QED) is 0.359. The molecule has 0 heterocycles. The molecule has 1 unspecified atom stereocenters. The molecule has 0 amide bonds. The van der Waals surface area contributed by atoms with Crippen molar-refractivity contribution in [1.82, 2.24) is 0 Å². The number of ether oxygens (including phenoxy) is 2. The van der Waals surface area contributed by atoms with Crippen molar-refractivity contribution in [3.8, 4) is 0 Å². The fourth-order valence-electron chi connectivity index (χ4n) is 2.85. The molecule has 31 heavy (non-hydrogen) atoms. The fourth-order valence-corrected chi connectivity index (χ4v) is 2.85. The van der Waals surface area contributed by atoms with E-state index < -0.39 is 29.9 Å². The van der Waals surface area contributed by atoms with Crippen molar-refractivity contribution in [2.45, 2.75) is 80.4 Å². The number of hydrogen-bond acceptors (Lipinski definition) is 6. The molecule has 0 aliphatic heterocycles. The van der Waals surface area contributed by atoms with E-state index in [0.29, 0.717) is 28.7 Å². The number of esters is 2. The first-order valence-corrected chi connectivity index (χ1v) is 10.4. The molecular weight excluding hydrogens is 396 g/mol. The van der Waals surface area contributed by atoms with Crippen LogP contribution in [0.5, 0.6) is 0 Å². The van der Waals surface area contributed by atoms with Crippen LogP contribution in [0.15, 0.2) is 57.4 Å². The van der Waals surface area contributed by atoms with Gasteiger partial charge in [0.25, 0.3) is 0 Å². The van der Waals surface area contributed by atoms with Crippen molar-refractivity contribution >= 4 is 17.7 Å². The second-order valence-electron chi connectivity index (χ2n) is 7.97. The molecule has 0 spiro atoms. The van der Waals surface area contributed by atoms with Gasteiger partial charge in [0.15, 0.2) is 5.76 Å². The van der Waals surface area contributed by atoms with E-state index in [-0.39, 0.29) is 17.8 Å². The third-order valence-electron chi connectivity index (χ3n) is 5.39. The van der Waals surface area contributed by atoms with Crippen LogP contribution >= 0.6 is 0 Å². The summed E-state index contributed by atoms with van der Waals surface area (Å²) in [5.74, 6) is -1.76. The summed E-state index contributed by atoms with van der Waals surface area (Å²) in [5, 5.41) is 10.5. The maximum Gasteiger partial charge on any atom is 0.338 e. The lowest BCUT2D eigenvalue weighted by Crippen LogP contribution is -2.30. The smallest absolute Gasteiger partial charge is 0.338 e. The van der Waals surface area contributed by atoms with Crippen molar-refractivity contribution in [2.24, 2.45) is 0 Å². The Morgan fingerprint density at radius 3 is 2.13 bits per heavy atom. The van der Waals surface area contributed by atoms with E-state index in [1.807, 2.05) is 19.9 Å². The lowest BCUT2D eigenvalue weighted by atomic mass is 9.85. The zero-order valence-electron chi connectivity index (χ0n) is 19.8. The summed E-state index contributed by atoms with van der Waals surface area (Å²) in [7, 11) is 0. The van der Waals surface area contributed by atoms with Gasteiger partial charge in [0.1, 0.15) is 6.10 Å². The van der Waals surface area contributed by atoms with Crippen LogP contribution in [-0.2, 0) is 23.9 Å². The van der Waals surface area contributed by atoms with Crippen LogP contribution in [0.1, 0.15) is 68.2 Å². The SMILES string of the molecule is C/C=C(/C)C(=O)OC1=C(C)[C@H](O)C/C(=C(/C)C(CC=C(C)C)OC(=O)/C(C)=C\C)C1=O. The summed E-state index contributed by atoms with van der Waals surface area (Å²) in [6.07, 6.45) is 3.96. The third kappa shape index (κ3) is 6.89. The minimum Gasteiger partial charge on any atom is -0.454 e. The first-order chi connectivity index (χ1) is 14.4. The average Bonchev–Trinajstić information content (AvgIpc) is 2.74. The van der Waals surface area contributed by atoms with E-state index in [4.69, 9.17) is 9.47 Å². The van der Waals surface area contributed by atoms with Gasteiger partial charge in [-0.25, -0.2) is 9.59 Å². The van der Waals surface area contributed by atoms with Gasteiger partial charge in [-0.15, -0.1) is 0 Å². The van der Waals surface area contributed by atoms with E-state index in [2.05, 4.69) is 0 Å². The molecule has 170 valence electrons. The maximum absolute atomic E-state index is 13.2. The predicted octanol–water partition coefficient (Wildman–Crippen LogP) is 4.65. The van der Waals surface area contributed by atoms with Crippen LogP contribution in [0.2, 0.25) is 0 Å². The Morgan fingerprint density at radius 1 is 1.06 bits per heavy atom. The molecule has 1 rings (SSSR count). The number of allylic oxidation sites excluding steroid dienone is 4. The second kappa shape index (κ2) is 11.6. The number of carbonyl (C=O) groups excluding carboxylic acids is 3. The van der Waals surface area contributed by atoms with E-state index >= 15 is 0 Å². The van der Waals surface area contributed by atoms with Gasteiger partial charge < -0.3 is 14.6 Å². The average molecular weight is 431 g/mol. The Labute approximate surface area is 185 Å². The summed E-state index contributed by atoms with van der Waals surface area (Å²) in [6.45, 7) is 13.8. The van der Waals surface area contributed by atoms with E-state index in [0.717, 1.165) is 5.57 Å². The zero-order chi connectivity index (χ0) is 23.9. The standard InChI is InChI=1S/C25H34O6/c1-9-15(5)24(28)30-21(12-11-14(3)4)17(7)19-13-20(26)18(8)23(22(19)27)31-25(29)16(6)10-2/h9-11,20-21,26H,12-13H2,1-8H3/b15-9-,16-10-,19-17+/t20-,21?/m1/s1. The minimum absolute atomic E-state index is 0.0611. The second-order valence-corrected chi connectivity index (χ2v) is 7.97. The van der Waals surface area contributed by atoms with Gasteiger partial charge in [0.2, 0.25) is 5.78 Å². The van der Waals surface area contributed by atoms with Crippen LogP contribution in [0, 0.1) is 0 Å². The Bertz CT molecular complexity index is 891. The molecule has 2 atom stereocenters. The highest BCUT2D eigenvalue weighted by molar-refractivity contribution is 6.10. The summed E-state index contributed by atoms with van der Waals surface area (Å²) >= 11 is 0. The van der Waals surface area contributed by atoms with E-state index in [1.54, 1.807) is 53.7 Å².